The van der Waals surface area contributed by atoms with E-state index in [4.69, 9.17) is 16.3 Å². The largest absolute Gasteiger partial charge is 0.462 e. The summed E-state index contributed by atoms with van der Waals surface area (Å²) in [7, 11) is 0. The van der Waals surface area contributed by atoms with Gasteiger partial charge < -0.3 is 4.74 Å². The number of esters is 1. The van der Waals surface area contributed by atoms with Gasteiger partial charge in [0.1, 0.15) is 5.15 Å². The van der Waals surface area contributed by atoms with Gasteiger partial charge in [0.2, 0.25) is 0 Å². The minimum atomic E-state index is -0.565. The summed E-state index contributed by atoms with van der Waals surface area (Å²) in [5, 5.41) is 0.269. The van der Waals surface area contributed by atoms with Gasteiger partial charge in [-0.2, -0.15) is 0 Å². The van der Waals surface area contributed by atoms with Crippen LogP contribution in [0.4, 0.5) is 5.82 Å². The third-order valence-electron chi connectivity index (χ3n) is 1.70. The molecular formula is C8H7ClIN3O2. The number of halogens is 2. The lowest BCUT2D eigenvalue weighted by atomic mass is 10.2. The highest BCUT2D eigenvalue weighted by Gasteiger charge is 2.20. The number of pyridine rings is 1. The number of hydrogen-bond donors (Lipinski definition) is 1. The molecule has 0 saturated heterocycles. The zero-order valence-electron chi connectivity index (χ0n) is 7.75. The Morgan fingerprint density at radius 3 is 3.27 bits per heavy atom. The lowest BCUT2D eigenvalue weighted by molar-refractivity contribution is 0.0525. The number of nitrogens with zero attached hydrogens (tertiary/aromatic N) is 2. The fourth-order valence-corrected chi connectivity index (χ4v) is 3.01. The molecule has 0 fully saturated rings. The zero-order valence-corrected chi connectivity index (χ0v) is 10.7. The summed E-state index contributed by atoms with van der Waals surface area (Å²) in [6.45, 7) is 2.11. The number of anilines is 1. The van der Waals surface area contributed by atoms with Gasteiger partial charge in [-0.1, -0.05) is 11.6 Å². The fraction of sp³-hybridized carbons (Fsp3) is 0.250. The van der Waals surface area contributed by atoms with Crippen molar-refractivity contribution in [1.29, 1.82) is 0 Å². The minimum Gasteiger partial charge on any atom is -0.462 e. The molecule has 0 spiro atoms. The van der Waals surface area contributed by atoms with Crippen molar-refractivity contribution < 1.29 is 9.53 Å². The van der Waals surface area contributed by atoms with E-state index >= 15 is 0 Å². The van der Waals surface area contributed by atoms with Crippen molar-refractivity contribution in [3.8, 4) is 0 Å². The van der Waals surface area contributed by atoms with Gasteiger partial charge in [-0.05, 0) is 13.0 Å². The minimum absolute atomic E-state index is 0.269. The molecule has 1 aromatic rings. The van der Waals surface area contributed by atoms with E-state index in [1.54, 1.807) is 6.92 Å². The first kappa shape index (κ1) is 10.7. The summed E-state index contributed by atoms with van der Waals surface area (Å²) < 4.78 is 9.80. The molecule has 0 unspecified atom stereocenters. The van der Waals surface area contributed by atoms with Gasteiger partial charge in [0, 0.05) is 0 Å². The van der Waals surface area contributed by atoms with Crippen molar-refractivity contribution in [3.05, 3.63) is 20.4 Å². The Labute approximate surface area is 101 Å². The molecule has 1 N–H and O–H groups in total. The van der Waals surface area contributed by atoms with Crippen LogP contribution >= 0.6 is 32.6 Å². The highest BCUT2D eigenvalue weighted by Crippen LogP contribution is 2.33. The van der Waals surface area contributed by atoms with Crippen molar-refractivity contribution in [2.75, 3.05) is 12.0 Å². The lowest BCUT2D eigenvalue weighted by Gasteiger charge is -2.05. The second-order valence-electron chi connectivity index (χ2n) is 2.66. The first-order chi connectivity index (χ1) is 7.22. The number of carbonyl (C=O) groups excluding carboxylic acids is 1. The van der Waals surface area contributed by atoms with Crippen molar-refractivity contribution in [2.45, 2.75) is 6.92 Å². The van der Waals surface area contributed by atoms with Crippen LogP contribution in [0.15, 0.2) is 9.32 Å². The molecule has 15 heavy (non-hydrogen) atoms. The zero-order chi connectivity index (χ0) is 10.8. The van der Waals surface area contributed by atoms with Gasteiger partial charge in [-0.3, -0.25) is 5.43 Å². The Morgan fingerprint density at radius 2 is 2.53 bits per heavy atom. The number of ether oxygens (including phenoxy) is 1. The number of hydrogen-bond acceptors (Lipinski definition) is 5. The predicted octanol–water partition coefficient (Wildman–Crippen LogP) is 2.58. The number of carbonyl (C=O) groups is 1. The Balaban J connectivity index is 2.46. The second-order valence-corrected chi connectivity index (χ2v) is 5.09. The highest BCUT2D eigenvalue weighted by atomic mass is 127. The van der Waals surface area contributed by atoms with Gasteiger partial charge in [-0.15, -0.1) is 3.25 Å². The van der Waals surface area contributed by atoms with Gasteiger partial charge in [-0.25, -0.2) is 9.78 Å². The van der Waals surface area contributed by atoms with Crippen molar-refractivity contribution in [2.24, 2.45) is 3.25 Å². The van der Waals surface area contributed by atoms with E-state index in [0.717, 1.165) is 3.57 Å². The molecule has 1 aromatic heterocycles. The van der Waals surface area contributed by atoms with E-state index in [0.29, 0.717) is 18.0 Å². The second kappa shape index (κ2) is 4.40. The molecule has 1 aliphatic rings. The quantitative estimate of drug-likeness (QED) is 0.511. The van der Waals surface area contributed by atoms with Gasteiger partial charge in [0.05, 0.1) is 36.8 Å². The van der Waals surface area contributed by atoms with E-state index in [2.05, 4.69) is 13.7 Å². The van der Waals surface area contributed by atoms with E-state index in [1.165, 1.54) is 6.07 Å². The van der Waals surface area contributed by atoms with Crippen LogP contribution in [-0.4, -0.2) is 17.6 Å². The molecule has 0 saturated carbocycles. The molecule has 1 aliphatic heterocycles. The Morgan fingerprint density at radius 1 is 1.73 bits per heavy atom. The third-order valence-corrected chi connectivity index (χ3v) is 3.95. The summed E-state index contributed by atoms with van der Waals surface area (Å²) in [6, 6.07) is 1.53. The molecule has 7 heteroatoms. The van der Waals surface area contributed by atoms with Crippen LogP contribution in [0, 0.1) is 3.57 Å². The molecule has 80 valence electrons. The average molecular weight is 340 g/mol. The normalized spacial score (nSPS) is 12.7. The van der Waals surface area contributed by atoms with E-state index in [1.807, 2.05) is 0 Å². The van der Waals surface area contributed by atoms with Crippen LogP contribution in [0.3, 0.4) is 0 Å². The highest BCUT2D eigenvalue weighted by molar-refractivity contribution is 14.2. The van der Waals surface area contributed by atoms with Gasteiger partial charge in [0.15, 0.2) is 5.82 Å². The molecule has 5 nitrogen and oxygen atoms in total. The summed E-state index contributed by atoms with van der Waals surface area (Å²) in [4.78, 5) is 15.6. The number of rotatable bonds is 2. The summed E-state index contributed by atoms with van der Waals surface area (Å²) >= 11 is 5.22. The van der Waals surface area contributed by atoms with Crippen LogP contribution in [-0.2, 0) is 4.74 Å². The summed E-state index contributed by atoms with van der Waals surface area (Å²) in [5.74, 6) is 0.218. The number of fused-ring (bicyclic) bond motifs is 1. The fourth-order valence-electron chi connectivity index (χ4n) is 1.12. The Hall–Kier alpha value is -0.760. The molecule has 0 amide bonds. The lowest BCUT2D eigenvalue weighted by Crippen LogP contribution is -2.08. The van der Waals surface area contributed by atoms with Crippen molar-refractivity contribution in [3.63, 3.8) is 0 Å². The van der Waals surface area contributed by atoms with E-state index < -0.39 is 21.0 Å². The molecule has 0 atom stereocenters. The smallest absolute Gasteiger partial charge is 0.339 e. The molecule has 2 heterocycles. The van der Waals surface area contributed by atoms with E-state index in [-0.39, 0.29) is 11.1 Å². The standard InChI is InChI=1S/C8H7ClIN3O2/c1-2-15-8(14)4-3-5(9)11-7-6(4)10-13-12-7/h3H,2H2,1H3,(H,11,12). The Bertz CT molecular complexity index is 450. The number of aromatic nitrogens is 1. The Kier molecular flexibility index (Phi) is 3.15. The third kappa shape index (κ3) is 2.10. The van der Waals surface area contributed by atoms with Gasteiger partial charge >= 0.3 is 5.97 Å². The van der Waals surface area contributed by atoms with Crippen molar-refractivity contribution >= 4 is 44.4 Å². The molecule has 0 aromatic carbocycles. The predicted molar refractivity (Wildman–Crippen MR) is 64.0 cm³/mol. The maximum atomic E-state index is 11.6. The molecule has 2 rings (SSSR count). The molecule has 0 radical (unpaired) electrons. The maximum Gasteiger partial charge on any atom is 0.339 e. The van der Waals surface area contributed by atoms with Crippen LogP contribution < -0.4 is 5.43 Å². The maximum absolute atomic E-state index is 11.6. The van der Waals surface area contributed by atoms with Crippen LogP contribution in [0.2, 0.25) is 5.15 Å². The monoisotopic (exact) mass is 339 g/mol. The first-order valence-corrected chi connectivity index (χ1v) is 6.62. The van der Waals surface area contributed by atoms with Crippen LogP contribution in [0.5, 0.6) is 0 Å². The summed E-state index contributed by atoms with van der Waals surface area (Å²) in [5.41, 5.74) is 3.23. The average Bonchev–Trinajstić information content (AvgIpc) is 2.64. The first-order valence-electron chi connectivity index (χ1n) is 4.20. The number of nitrogens with one attached hydrogen (secondary N) is 1. The SMILES string of the molecule is CCOC(=O)c1cc(Cl)nc2c1I=NN2. The van der Waals surface area contributed by atoms with Crippen molar-refractivity contribution in [1.82, 2.24) is 4.98 Å². The summed E-state index contributed by atoms with van der Waals surface area (Å²) in [6.07, 6.45) is 0. The van der Waals surface area contributed by atoms with Gasteiger partial charge in [0.25, 0.3) is 0 Å². The molecule has 0 bridgehead atoms. The van der Waals surface area contributed by atoms with E-state index in [9.17, 15) is 4.79 Å². The molecule has 0 aliphatic carbocycles. The van der Waals surface area contributed by atoms with Crippen LogP contribution in [0.25, 0.3) is 0 Å². The topological polar surface area (TPSA) is 63.6 Å². The molecular weight excluding hydrogens is 332 g/mol. The van der Waals surface area contributed by atoms with Crippen LogP contribution in [0.1, 0.15) is 17.3 Å².